The third-order valence-corrected chi connectivity index (χ3v) is 7.55. The highest BCUT2D eigenvalue weighted by molar-refractivity contribution is 5.99. The monoisotopic (exact) mass is 475 g/mol. The number of amides is 2. The Morgan fingerprint density at radius 1 is 1.03 bits per heavy atom. The van der Waals surface area contributed by atoms with E-state index < -0.39 is 35.6 Å². The lowest BCUT2D eigenvalue weighted by molar-refractivity contribution is -0.155. The summed E-state index contributed by atoms with van der Waals surface area (Å²) in [7, 11) is 0. The molecule has 5 rings (SSSR count). The van der Waals surface area contributed by atoms with Crippen LogP contribution < -0.4 is 0 Å². The van der Waals surface area contributed by atoms with Gasteiger partial charge in [-0.25, -0.2) is 0 Å². The number of likely N-dealkylation sites (tertiary alicyclic amines) is 1. The number of hydrogen-bond acceptors (Lipinski definition) is 8. The van der Waals surface area contributed by atoms with E-state index in [-0.39, 0.29) is 31.6 Å². The minimum Gasteiger partial charge on any atom is -0.465 e. The van der Waals surface area contributed by atoms with Crippen molar-refractivity contribution in [2.24, 2.45) is 11.8 Å². The highest BCUT2D eigenvalue weighted by Gasteiger charge is 2.71. The highest BCUT2D eigenvalue weighted by Crippen LogP contribution is 2.53. The lowest BCUT2D eigenvalue weighted by atomic mass is 9.77. The van der Waals surface area contributed by atoms with E-state index in [4.69, 9.17) is 14.2 Å². The van der Waals surface area contributed by atoms with Crippen molar-refractivity contribution in [1.82, 2.24) is 14.7 Å². The van der Waals surface area contributed by atoms with E-state index in [1.807, 2.05) is 24.3 Å². The van der Waals surface area contributed by atoms with Gasteiger partial charge in [-0.2, -0.15) is 0 Å². The maximum Gasteiger partial charge on any atom is 0.312 e. The Morgan fingerprint density at radius 2 is 1.85 bits per heavy atom. The molecule has 186 valence electrons. The molecule has 5 aliphatic rings. The molecule has 0 bridgehead atoms. The van der Waals surface area contributed by atoms with Crippen molar-refractivity contribution >= 4 is 17.8 Å². The third kappa shape index (κ3) is 3.96. The number of rotatable bonds is 6. The molecule has 1 spiro atoms. The van der Waals surface area contributed by atoms with Gasteiger partial charge in [-0.1, -0.05) is 24.3 Å². The number of morpholine rings is 1. The van der Waals surface area contributed by atoms with Gasteiger partial charge in [0.2, 0.25) is 11.8 Å². The molecule has 10 nitrogen and oxygen atoms in total. The topological polar surface area (TPSA) is 109 Å². The number of carbonyl (C=O) groups is 3. The Labute approximate surface area is 199 Å². The van der Waals surface area contributed by atoms with E-state index in [1.54, 1.807) is 4.90 Å². The van der Waals surface area contributed by atoms with Crippen LogP contribution in [0, 0.1) is 11.8 Å². The van der Waals surface area contributed by atoms with Crippen LogP contribution in [0.5, 0.6) is 0 Å². The van der Waals surface area contributed by atoms with Crippen molar-refractivity contribution in [1.29, 1.82) is 0 Å². The summed E-state index contributed by atoms with van der Waals surface area (Å²) in [5.41, 5.74) is -1.24. The van der Waals surface area contributed by atoms with E-state index >= 15 is 0 Å². The summed E-state index contributed by atoms with van der Waals surface area (Å²) in [5, 5.41) is 9.43. The van der Waals surface area contributed by atoms with Gasteiger partial charge in [-0.3, -0.25) is 19.3 Å². The number of cyclic esters (lactones) is 1. The standard InChI is InChI=1S/C24H33N3O7/c28-13-4-8-27-20-22(30)26(10-9-25-11-15-32-16-12-25)7-3-6-24(20)19(21(27)29)18-17(34-24)5-1-2-14-33-23(18)31/h1,3,5-6,17-20,28H,2,4,7-16H2/t17-,18+,19-,20?,24-/m0/s1. The van der Waals surface area contributed by atoms with E-state index in [1.165, 1.54) is 4.90 Å². The van der Waals surface area contributed by atoms with Gasteiger partial charge in [0.05, 0.1) is 31.8 Å². The van der Waals surface area contributed by atoms with Crippen molar-refractivity contribution in [2.45, 2.75) is 30.6 Å². The van der Waals surface area contributed by atoms with Gasteiger partial charge < -0.3 is 29.1 Å². The second-order valence-corrected chi connectivity index (χ2v) is 9.48. The molecule has 0 aliphatic carbocycles. The fourth-order valence-electron chi connectivity index (χ4n) is 5.92. The third-order valence-electron chi connectivity index (χ3n) is 7.55. The van der Waals surface area contributed by atoms with Crippen LogP contribution in [0.1, 0.15) is 12.8 Å². The van der Waals surface area contributed by atoms with Crippen LogP contribution in [0.3, 0.4) is 0 Å². The van der Waals surface area contributed by atoms with Gasteiger partial charge in [0.15, 0.2) is 0 Å². The SMILES string of the molecule is O=C1OCCC=C[C@@H]2O[C@]34C=CCN(CCN5CCOCC5)C(=O)C3N(CCCO)C(=O)[C@@H]4[C@H]12. The average Bonchev–Trinajstić information content (AvgIpc) is 3.21. The zero-order valence-corrected chi connectivity index (χ0v) is 19.3. The summed E-state index contributed by atoms with van der Waals surface area (Å²) in [6.45, 7) is 5.07. The molecule has 34 heavy (non-hydrogen) atoms. The van der Waals surface area contributed by atoms with E-state index in [0.717, 1.165) is 19.6 Å². The minimum atomic E-state index is -1.24. The largest absolute Gasteiger partial charge is 0.465 e. The predicted octanol–water partition coefficient (Wildman–Crippen LogP) is -0.817. The minimum absolute atomic E-state index is 0.101. The van der Waals surface area contributed by atoms with Crippen LogP contribution >= 0.6 is 0 Å². The first kappa shape index (κ1) is 23.5. The summed E-state index contributed by atoms with van der Waals surface area (Å²) >= 11 is 0. The molecule has 0 aromatic carbocycles. The zero-order chi connectivity index (χ0) is 23.7. The molecule has 5 heterocycles. The van der Waals surface area contributed by atoms with Crippen molar-refractivity contribution < 1.29 is 33.7 Å². The quantitative estimate of drug-likeness (QED) is 0.392. The fraction of sp³-hybridized carbons (Fsp3) is 0.708. The Hall–Kier alpha value is -2.27. The van der Waals surface area contributed by atoms with Crippen LogP contribution in [-0.2, 0) is 28.6 Å². The van der Waals surface area contributed by atoms with Crippen LogP contribution in [0.4, 0.5) is 0 Å². The van der Waals surface area contributed by atoms with Crippen LogP contribution in [0.25, 0.3) is 0 Å². The molecule has 10 heteroatoms. The smallest absolute Gasteiger partial charge is 0.312 e. The molecule has 1 unspecified atom stereocenters. The highest BCUT2D eigenvalue weighted by atomic mass is 16.6. The summed E-state index contributed by atoms with van der Waals surface area (Å²) in [5.74, 6) is -2.57. The molecule has 5 atom stereocenters. The molecule has 0 aromatic rings. The molecule has 0 radical (unpaired) electrons. The van der Waals surface area contributed by atoms with E-state index in [9.17, 15) is 19.5 Å². The molecule has 5 aliphatic heterocycles. The first-order chi connectivity index (χ1) is 16.6. The van der Waals surface area contributed by atoms with Gasteiger partial charge in [-0.05, 0) is 12.8 Å². The number of nitrogens with zero attached hydrogens (tertiary/aromatic N) is 3. The zero-order valence-electron chi connectivity index (χ0n) is 19.3. The number of hydrogen-bond donors (Lipinski definition) is 1. The number of ether oxygens (including phenoxy) is 3. The van der Waals surface area contributed by atoms with Gasteiger partial charge >= 0.3 is 5.97 Å². The Balaban J connectivity index is 1.46. The van der Waals surface area contributed by atoms with Crippen molar-refractivity contribution in [3.05, 3.63) is 24.3 Å². The first-order valence-electron chi connectivity index (χ1n) is 12.3. The normalized spacial score (nSPS) is 36.0. The number of aliphatic hydroxyl groups is 1. The number of fused-ring (bicyclic) bond motifs is 2. The predicted molar refractivity (Wildman–Crippen MR) is 119 cm³/mol. The summed E-state index contributed by atoms with van der Waals surface area (Å²) in [6, 6.07) is -0.880. The maximum atomic E-state index is 14.0. The average molecular weight is 476 g/mol. The Morgan fingerprint density at radius 3 is 2.65 bits per heavy atom. The van der Waals surface area contributed by atoms with Gasteiger partial charge in [-0.15, -0.1) is 0 Å². The molecule has 0 saturated carbocycles. The second-order valence-electron chi connectivity index (χ2n) is 9.48. The van der Waals surface area contributed by atoms with Crippen LogP contribution in [0.15, 0.2) is 24.3 Å². The van der Waals surface area contributed by atoms with E-state index in [2.05, 4.69) is 4.90 Å². The number of carbonyl (C=O) groups excluding carboxylic acids is 3. The summed E-state index contributed by atoms with van der Waals surface area (Å²) in [4.78, 5) is 46.2. The molecule has 0 aromatic heterocycles. The maximum absolute atomic E-state index is 14.0. The lowest BCUT2D eigenvalue weighted by Crippen LogP contribution is -2.56. The Bertz CT molecular complexity index is 871. The van der Waals surface area contributed by atoms with Crippen molar-refractivity contribution in [3.8, 4) is 0 Å². The van der Waals surface area contributed by atoms with Gasteiger partial charge in [0, 0.05) is 45.9 Å². The molecule has 3 fully saturated rings. The number of esters is 1. The van der Waals surface area contributed by atoms with Crippen molar-refractivity contribution in [3.63, 3.8) is 0 Å². The lowest BCUT2D eigenvalue weighted by Gasteiger charge is -2.36. The van der Waals surface area contributed by atoms with E-state index in [0.29, 0.717) is 39.1 Å². The molecule has 3 saturated heterocycles. The summed E-state index contributed by atoms with van der Waals surface area (Å²) < 4.78 is 17.3. The molecular formula is C24H33N3O7. The second kappa shape index (κ2) is 9.77. The van der Waals surface area contributed by atoms with Gasteiger partial charge in [0.25, 0.3) is 0 Å². The molecular weight excluding hydrogens is 442 g/mol. The first-order valence-corrected chi connectivity index (χ1v) is 12.3. The fourth-order valence-corrected chi connectivity index (χ4v) is 5.92. The summed E-state index contributed by atoms with van der Waals surface area (Å²) in [6.07, 6.45) is 7.76. The van der Waals surface area contributed by atoms with Gasteiger partial charge in [0.1, 0.15) is 17.6 Å². The Kier molecular flexibility index (Phi) is 6.74. The van der Waals surface area contributed by atoms with Crippen molar-refractivity contribution in [2.75, 3.05) is 65.7 Å². The van der Waals surface area contributed by atoms with Crippen LogP contribution in [-0.4, -0.2) is 121 Å². The van der Waals surface area contributed by atoms with Crippen LogP contribution in [0.2, 0.25) is 0 Å². The molecule has 2 amide bonds. The number of aliphatic hydroxyl groups excluding tert-OH is 1. The molecule has 1 N–H and O–H groups in total.